The molecular weight excluding hydrogens is 1450 g/mol. The Bertz CT molecular complexity index is 3680. The average molecular weight is 1560 g/mol. The number of ketones is 5. The number of Topliss-reactive ketones (excluding diaryl/α,β-unsaturated/α-hetero) is 5. The molecule has 6 rings (SSSR count). The summed E-state index contributed by atoms with van der Waals surface area (Å²) in [5.41, 5.74) is 2.44. The zero-order valence-electron chi connectivity index (χ0n) is 64.4. The number of carboxylic acids is 1. The van der Waals surface area contributed by atoms with E-state index >= 15 is 0 Å². The van der Waals surface area contributed by atoms with Gasteiger partial charge >= 0.3 is 11.9 Å². The number of carbonyl (C=O) groups is 15. The van der Waals surface area contributed by atoms with Crippen molar-refractivity contribution in [3.63, 3.8) is 0 Å². The van der Waals surface area contributed by atoms with E-state index in [1.165, 1.54) is 35.3 Å². The number of esters is 1. The van der Waals surface area contributed by atoms with Gasteiger partial charge in [-0.1, -0.05) is 83.0 Å². The third-order valence-corrected chi connectivity index (χ3v) is 23.9. The van der Waals surface area contributed by atoms with Crippen LogP contribution in [0.1, 0.15) is 189 Å². The number of ether oxygens (including phenoxy) is 3. The number of aryl methyl sites for hydroxylation is 2. The number of thiazole rings is 1. The highest BCUT2D eigenvalue weighted by Gasteiger charge is 2.44. The van der Waals surface area contributed by atoms with E-state index in [2.05, 4.69) is 10.6 Å². The van der Waals surface area contributed by atoms with Crippen molar-refractivity contribution in [2.24, 2.45) is 23.7 Å². The fourth-order valence-corrected chi connectivity index (χ4v) is 16.4. The van der Waals surface area contributed by atoms with Crippen molar-refractivity contribution in [2.75, 3.05) is 84.2 Å². The first-order valence-corrected chi connectivity index (χ1v) is 40.1. The Morgan fingerprint density at radius 3 is 1.91 bits per heavy atom. The number of hydrogen-bond donors (Lipinski definition) is 3. The quantitative estimate of drug-likeness (QED) is 0.0209. The van der Waals surface area contributed by atoms with Gasteiger partial charge < -0.3 is 39.8 Å². The Balaban J connectivity index is 1.14. The van der Waals surface area contributed by atoms with E-state index in [4.69, 9.17) is 24.3 Å². The molecule has 4 unspecified atom stereocenters. The average Bonchev–Trinajstić information content (AvgIpc) is 1.60. The lowest BCUT2D eigenvalue weighted by Gasteiger charge is -2.38. The number of likely N-dealkylation sites (N-methyl/N-ethyl adjacent to an activating group) is 1. The number of thioether (sulfide) groups is 2. The molecule has 592 valence electrons. The third kappa shape index (κ3) is 27.3. The van der Waals surface area contributed by atoms with Gasteiger partial charge in [-0.15, -0.1) is 34.9 Å². The van der Waals surface area contributed by atoms with Crippen molar-refractivity contribution in [3.05, 3.63) is 80.8 Å². The summed E-state index contributed by atoms with van der Waals surface area (Å²) in [6.45, 7) is 15.7. The van der Waals surface area contributed by atoms with E-state index in [9.17, 15) is 71.9 Å². The minimum absolute atomic E-state index is 0.00622. The van der Waals surface area contributed by atoms with Gasteiger partial charge in [0.25, 0.3) is 5.91 Å². The summed E-state index contributed by atoms with van der Waals surface area (Å²) < 4.78 is 16.9. The summed E-state index contributed by atoms with van der Waals surface area (Å²) >= 11 is 3.61. The Morgan fingerprint density at radius 1 is 0.741 bits per heavy atom. The monoisotopic (exact) mass is 1560 g/mol. The van der Waals surface area contributed by atoms with Crippen molar-refractivity contribution < 1.29 is 91.2 Å². The van der Waals surface area contributed by atoms with E-state index in [0.29, 0.717) is 34.1 Å². The summed E-state index contributed by atoms with van der Waals surface area (Å²) in [4.78, 5) is 211. The number of aliphatic carboxylic acids is 1. The minimum atomic E-state index is -1.22. The first-order chi connectivity index (χ1) is 51.1. The molecule has 3 aliphatic heterocycles. The van der Waals surface area contributed by atoms with Gasteiger partial charge in [0.15, 0.2) is 23.5 Å². The molecule has 3 fully saturated rings. The number of rotatable bonds is 43. The molecule has 108 heavy (non-hydrogen) atoms. The summed E-state index contributed by atoms with van der Waals surface area (Å²) in [6, 6.07) is 11.8. The van der Waals surface area contributed by atoms with Gasteiger partial charge in [-0.2, -0.15) is 0 Å². The van der Waals surface area contributed by atoms with Gasteiger partial charge in [-0.05, 0) is 102 Å². The second-order valence-electron chi connectivity index (χ2n) is 29.4. The van der Waals surface area contributed by atoms with Crippen molar-refractivity contribution in [3.8, 4) is 0 Å². The number of benzene rings is 2. The molecule has 0 radical (unpaired) electrons. The number of carboxylic acid groups (broad SMARTS) is 1. The smallest absolute Gasteiger partial charge is 0.310 e. The normalized spacial score (nSPS) is 17.4. The number of fused-ring (bicyclic) bond motifs is 4. The SMILES string of the molecule is CCC(C)[C@H](CC(=O)C(C)(C)N(C)C)C(=O)N(C)[C@H](C[C@@H](OC(C)=O)c1nc(C(=O)N[C@@H](Cc2ccc(C)cc2)CC(C)C(=O)CCc2ccc(NC(=O)CCC(=O)N3CCN4C(=O)CC(SCSC5CC(=O)N(CC3)C5=O)C4=O)c(CC(=O)COCCCC(=O)COCCCC(=O)CC(=O)O)c2)cs1)C(C)C. The zero-order chi connectivity index (χ0) is 79.7. The van der Waals surface area contributed by atoms with Crippen molar-refractivity contribution in [1.29, 1.82) is 0 Å². The van der Waals surface area contributed by atoms with Crippen LogP contribution in [-0.4, -0.2) is 230 Å². The Hall–Kier alpha value is -7.90. The fourth-order valence-electron chi connectivity index (χ4n) is 12.9. The second kappa shape index (κ2) is 42.9. The molecule has 0 spiro atoms. The van der Waals surface area contributed by atoms with E-state index in [-0.39, 0.29) is 201 Å². The van der Waals surface area contributed by atoms with Gasteiger partial charge in [0.1, 0.15) is 41.9 Å². The van der Waals surface area contributed by atoms with Crippen LogP contribution in [-0.2, 0) is 101 Å². The number of carbonyl (C=O) groups excluding carboxylic acids is 14. The number of hydrogen-bond acceptors (Lipinski definition) is 23. The highest BCUT2D eigenvalue weighted by molar-refractivity contribution is 8.17. The lowest BCUT2D eigenvalue weighted by atomic mass is 9.81. The largest absolute Gasteiger partial charge is 0.481 e. The van der Waals surface area contributed by atoms with E-state index in [1.807, 2.05) is 91.7 Å². The Labute approximate surface area is 645 Å². The molecule has 3 saturated heterocycles. The summed E-state index contributed by atoms with van der Waals surface area (Å²) in [5.74, 6) is -7.93. The first-order valence-electron chi connectivity index (χ1n) is 37.1. The molecule has 3 N–H and O–H groups in total. The van der Waals surface area contributed by atoms with Crippen molar-refractivity contribution in [1.82, 2.24) is 34.8 Å². The fraction of sp³-hybridized carbons (Fsp3) is 0.615. The second-order valence-corrected chi connectivity index (χ2v) is 33.0. The number of aromatic nitrogens is 1. The number of nitrogens with one attached hydrogen (secondary N) is 2. The Morgan fingerprint density at radius 2 is 1.33 bits per heavy atom. The number of imide groups is 2. The van der Waals surface area contributed by atoms with Crippen LogP contribution in [0.2, 0.25) is 0 Å². The lowest BCUT2D eigenvalue weighted by molar-refractivity contribution is -0.150. The molecule has 4 heterocycles. The molecule has 3 aromatic rings. The Kier molecular flexibility index (Phi) is 35.4. The summed E-state index contributed by atoms with van der Waals surface area (Å²) in [6.07, 6.45) is -0.251. The van der Waals surface area contributed by atoms with E-state index < -0.39 is 106 Å². The molecule has 0 saturated carbocycles. The molecule has 27 nitrogen and oxygen atoms in total. The molecule has 3 aliphatic rings. The van der Waals surface area contributed by atoms with Crippen LogP contribution in [0.5, 0.6) is 0 Å². The first kappa shape index (κ1) is 89.0. The van der Waals surface area contributed by atoms with Gasteiger partial charge in [0.05, 0.1) is 16.0 Å². The van der Waals surface area contributed by atoms with E-state index in [0.717, 1.165) is 32.3 Å². The third-order valence-electron chi connectivity index (χ3n) is 20.3. The minimum Gasteiger partial charge on any atom is -0.481 e. The molecule has 0 aliphatic carbocycles. The number of anilines is 1. The van der Waals surface area contributed by atoms with Gasteiger partial charge in [0.2, 0.25) is 41.4 Å². The molecular formula is C78H108N8O19S3. The summed E-state index contributed by atoms with van der Waals surface area (Å²) in [7, 11) is 5.37. The summed E-state index contributed by atoms with van der Waals surface area (Å²) in [5, 5.41) is 15.7. The lowest BCUT2D eigenvalue weighted by Crippen LogP contribution is -2.50. The van der Waals surface area contributed by atoms with Crippen LogP contribution in [0.3, 0.4) is 0 Å². The molecule has 1 aromatic heterocycles. The molecule has 8 atom stereocenters. The number of nitrogens with zero attached hydrogens (tertiary/aromatic N) is 6. The molecule has 4 bridgehead atoms. The maximum atomic E-state index is 14.6. The van der Waals surface area contributed by atoms with Gasteiger partial charge in [-0.3, -0.25) is 86.6 Å². The standard InChI is InChI=1S/C78H108N8O19S3/c1-13-49(5)59(39-67(92)78(8,9)82(10)11)75(100)83(12)62(47(2)3)40-64(105-51(7)87)74-81-61(45-106-74)73(99)79-55(36-53-20-18-48(4)19-21-53)34-50(6)63(91)25-23-52-22-24-60(54(35-52)37-58(90)44-104-33-15-17-57(89)43-103-32-14-16-56(88)38-72(97)98)80-68(93)26-27-69(94)84-28-30-85-70(95)41-65(76(85)101)107-46-108-66-42-71(96)86(31-29-84)77(66)102/h18-22,24,35,45,47,49-50,55,59,62,64-66H,13-17,23,25-34,36-44,46H2,1-12H3,(H,79,99)(H,80,93)(H,97,98)/t49?,50?,55-,59+,62-,64-,65?,66?/m1/s1. The molecule has 2 aromatic carbocycles. The highest BCUT2D eigenvalue weighted by Crippen LogP contribution is 2.36. The maximum Gasteiger partial charge on any atom is 0.310 e. The van der Waals surface area contributed by atoms with Crippen LogP contribution >= 0.6 is 34.9 Å². The maximum absolute atomic E-state index is 14.6. The molecule has 8 amide bonds. The van der Waals surface area contributed by atoms with Gasteiger partial charge in [0, 0.05) is 158 Å². The van der Waals surface area contributed by atoms with Crippen molar-refractivity contribution >= 4 is 129 Å². The molecule has 30 heteroatoms. The van der Waals surface area contributed by atoms with Crippen LogP contribution in [0.15, 0.2) is 47.8 Å². The van der Waals surface area contributed by atoms with Gasteiger partial charge in [-0.25, -0.2) is 4.98 Å². The highest BCUT2D eigenvalue weighted by atomic mass is 32.2. The van der Waals surface area contributed by atoms with Crippen LogP contribution in [0.4, 0.5) is 5.69 Å². The van der Waals surface area contributed by atoms with E-state index in [1.54, 1.807) is 42.5 Å². The van der Waals surface area contributed by atoms with Crippen LogP contribution < -0.4 is 10.6 Å². The topological polar surface area (TPSA) is 357 Å². The zero-order valence-corrected chi connectivity index (χ0v) is 66.9. The predicted octanol–water partition coefficient (Wildman–Crippen LogP) is 8.02. The van der Waals surface area contributed by atoms with Crippen molar-refractivity contribution in [2.45, 2.75) is 206 Å². The van der Waals surface area contributed by atoms with Crippen LogP contribution in [0, 0.1) is 30.6 Å². The number of amides is 8. The predicted molar refractivity (Wildman–Crippen MR) is 408 cm³/mol. The van der Waals surface area contributed by atoms with Crippen LogP contribution in [0.25, 0.3) is 0 Å².